The summed E-state index contributed by atoms with van der Waals surface area (Å²) in [6, 6.07) is 9.12. The molecule has 3 rings (SSSR count). The first-order valence-electron chi connectivity index (χ1n) is 8.08. The molecule has 2 N–H and O–H groups in total. The zero-order chi connectivity index (χ0) is 15.4. The molecule has 2 amide bonds. The predicted molar refractivity (Wildman–Crippen MR) is 84.1 cm³/mol. The molecule has 1 aromatic rings. The Morgan fingerprint density at radius 1 is 1.27 bits per heavy atom. The summed E-state index contributed by atoms with van der Waals surface area (Å²) in [4.78, 5) is 26.7. The van der Waals surface area contributed by atoms with Crippen molar-refractivity contribution in [2.45, 2.75) is 25.3 Å². The molecule has 0 aliphatic carbocycles. The fraction of sp³-hybridized carbons (Fsp3) is 0.529. The summed E-state index contributed by atoms with van der Waals surface area (Å²) >= 11 is 0. The minimum atomic E-state index is -0.498. The topological polar surface area (TPSA) is 61.4 Å². The molecule has 1 aromatic carbocycles. The van der Waals surface area contributed by atoms with E-state index in [1.807, 2.05) is 30.3 Å². The standard InChI is InChI=1S/C17H23N3O2/c21-15-8-4-5-9-20(15)16(14-6-2-1-3-7-14)17(22)19-12-13-10-18-11-13/h1-3,6-7,13,16,18H,4-5,8-12H2,(H,19,22). The van der Waals surface area contributed by atoms with Crippen LogP contribution in [-0.4, -0.2) is 42.9 Å². The molecule has 2 saturated heterocycles. The second-order valence-electron chi connectivity index (χ2n) is 6.13. The van der Waals surface area contributed by atoms with E-state index in [-0.39, 0.29) is 11.8 Å². The van der Waals surface area contributed by atoms with Crippen molar-refractivity contribution in [1.29, 1.82) is 0 Å². The number of carbonyl (C=O) groups excluding carboxylic acids is 2. The minimum absolute atomic E-state index is 0.0617. The third-order valence-electron chi connectivity index (χ3n) is 4.47. The summed E-state index contributed by atoms with van der Waals surface area (Å²) in [5.41, 5.74) is 0.891. The van der Waals surface area contributed by atoms with Crippen LogP contribution in [0.2, 0.25) is 0 Å². The quantitative estimate of drug-likeness (QED) is 0.855. The van der Waals surface area contributed by atoms with Gasteiger partial charge in [-0.25, -0.2) is 0 Å². The minimum Gasteiger partial charge on any atom is -0.354 e. The summed E-state index contributed by atoms with van der Waals surface area (Å²) in [6.07, 6.45) is 2.43. The van der Waals surface area contributed by atoms with E-state index in [1.54, 1.807) is 4.90 Å². The van der Waals surface area contributed by atoms with Crippen LogP contribution in [0, 0.1) is 5.92 Å². The molecule has 0 bridgehead atoms. The first-order chi connectivity index (χ1) is 10.8. The summed E-state index contributed by atoms with van der Waals surface area (Å²) in [5.74, 6) is 0.534. The lowest BCUT2D eigenvalue weighted by molar-refractivity contribution is -0.142. The monoisotopic (exact) mass is 301 g/mol. The van der Waals surface area contributed by atoms with E-state index in [4.69, 9.17) is 0 Å². The molecule has 1 atom stereocenters. The smallest absolute Gasteiger partial charge is 0.247 e. The van der Waals surface area contributed by atoms with Gasteiger partial charge in [-0.3, -0.25) is 9.59 Å². The molecule has 22 heavy (non-hydrogen) atoms. The van der Waals surface area contributed by atoms with Crippen molar-refractivity contribution >= 4 is 11.8 Å². The van der Waals surface area contributed by atoms with Gasteiger partial charge >= 0.3 is 0 Å². The Hall–Kier alpha value is -1.88. The average Bonchev–Trinajstić information content (AvgIpc) is 2.49. The van der Waals surface area contributed by atoms with Gasteiger partial charge in [0.2, 0.25) is 11.8 Å². The lowest BCUT2D eigenvalue weighted by Crippen LogP contribution is -2.51. The third kappa shape index (κ3) is 3.30. The highest BCUT2D eigenvalue weighted by molar-refractivity contribution is 5.89. The van der Waals surface area contributed by atoms with Crippen LogP contribution in [0.5, 0.6) is 0 Å². The molecule has 1 unspecified atom stereocenters. The molecule has 118 valence electrons. The van der Waals surface area contributed by atoms with Crippen LogP contribution in [0.1, 0.15) is 30.9 Å². The zero-order valence-corrected chi connectivity index (χ0v) is 12.8. The van der Waals surface area contributed by atoms with Crippen LogP contribution in [0.25, 0.3) is 0 Å². The van der Waals surface area contributed by atoms with Gasteiger partial charge in [-0.05, 0) is 18.4 Å². The van der Waals surface area contributed by atoms with E-state index in [0.717, 1.165) is 31.5 Å². The SMILES string of the molecule is O=C(NCC1CNC1)C(c1ccccc1)N1CCCCC1=O. The number of amides is 2. The summed E-state index contributed by atoms with van der Waals surface area (Å²) in [6.45, 7) is 3.26. The lowest BCUT2D eigenvalue weighted by Gasteiger charge is -2.35. The number of nitrogens with one attached hydrogen (secondary N) is 2. The van der Waals surface area contributed by atoms with E-state index < -0.39 is 6.04 Å². The highest BCUT2D eigenvalue weighted by Gasteiger charge is 2.33. The number of benzene rings is 1. The Labute approximate surface area is 131 Å². The highest BCUT2D eigenvalue weighted by atomic mass is 16.2. The van der Waals surface area contributed by atoms with Crippen molar-refractivity contribution in [3.8, 4) is 0 Å². The van der Waals surface area contributed by atoms with Gasteiger partial charge in [0.15, 0.2) is 0 Å². The van der Waals surface area contributed by atoms with Crippen LogP contribution in [0.15, 0.2) is 30.3 Å². The summed E-state index contributed by atoms with van der Waals surface area (Å²) < 4.78 is 0. The first-order valence-corrected chi connectivity index (χ1v) is 8.08. The van der Waals surface area contributed by atoms with Crippen LogP contribution in [0.3, 0.4) is 0 Å². The van der Waals surface area contributed by atoms with E-state index in [1.165, 1.54) is 0 Å². The van der Waals surface area contributed by atoms with Gasteiger partial charge in [0.05, 0.1) is 0 Å². The molecule has 5 nitrogen and oxygen atoms in total. The van der Waals surface area contributed by atoms with E-state index >= 15 is 0 Å². The maximum atomic E-state index is 12.7. The fourth-order valence-electron chi connectivity index (χ4n) is 3.04. The van der Waals surface area contributed by atoms with Crippen molar-refractivity contribution in [2.24, 2.45) is 5.92 Å². The Bertz CT molecular complexity index is 528. The molecule has 0 aromatic heterocycles. The maximum absolute atomic E-state index is 12.7. The van der Waals surface area contributed by atoms with E-state index in [0.29, 0.717) is 25.4 Å². The van der Waals surface area contributed by atoms with Gasteiger partial charge in [-0.15, -0.1) is 0 Å². The molecule has 2 heterocycles. The predicted octanol–water partition coefficient (Wildman–Crippen LogP) is 1.08. The van der Waals surface area contributed by atoms with E-state index in [2.05, 4.69) is 10.6 Å². The van der Waals surface area contributed by atoms with Crippen molar-refractivity contribution in [1.82, 2.24) is 15.5 Å². The third-order valence-corrected chi connectivity index (χ3v) is 4.47. The lowest BCUT2D eigenvalue weighted by atomic mass is 9.99. The number of carbonyl (C=O) groups is 2. The fourth-order valence-corrected chi connectivity index (χ4v) is 3.04. The second kappa shape index (κ2) is 6.92. The molecule has 2 fully saturated rings. The first kappa shape index (κ1) is 15.0. The van der Waals surface area contributed by atoms with Gasteiger partial charge in [-0.2, -0.15) is 0 Å². The van der Waals surface area contributed by atoms with Gasteiger partial charge < -0.3 is 15.5 Å². The van der Waals surface area contributed by atoms with E-state index in [9.17, 15) is 9.59 Å². The van der Waals surface area contributed by atoms with Gasteiger partial charge in [0.1, 0.15) is 6.04 Å². The molecule has 0 spiro atoms. The molecule has 0 saturated carbocycles. The molecule has 0 radical (unpaired) electrons. The number of rotatable bonds is 5. The van der Waals surface area contributed by atoms with Gasteiger partial charge in [-0.1, -0.05) is 30.3 Å². The van der Waals surface area contributed by atoms with Gasteiger partial charge in [0, 0.05) is 38.5 Å². The number of hydrogen-bond acceptors (Lipinski definition) is 3. The van der Waals surface area contributed by atoms with Crippen LogP contribution in [0.4, 0.5) is 0 Å². The van der Waals surface area contributed by atoms with Crippen molar-refractivity contribution in [2.75, 3.05) is 26.2 Å². The second-order valence-corrected chi connectivity index (χ2v) is 6.13. The Balaban J connectivity index is 1.75. The number of nitrogens with zero attached hydrogens (tertiary/aromatic N) is 1. The van der Waals surface area contributed by atoms with Crippen molar-refractivity contribution in [3.05, 3.63) is 35.9 Å². The Morgan fingerprint density at radius 2 is 2.05 bits per heavy atom. The number of piperidine rings is 1. The van der Waals surface area contributed by atoms with Crippen LogP contribution >= 0.6 is 0 Å². The van der Waals surface area contributed by atoms with Crippen LogP contribution < -0.4 is 10.6 Å². The largest absolute Gasteiger partial charge is 0.354 e. The summed E-state index contributed by atoms with van der Waals surface area (Å²) in [7, 11) is 0. The van der Waals surface area contributed by atoms with Crippen molar-refractivity contribution in [3.63, 3.8) is 0 Å². The summed E-state index contributed by atoms with van der Waals surface area (Å²) in [5, 5.41) is 6.23. The van der Waals surface area contributed by atoms with Gasteiger partial charge in [0.25, 0.3) is 0 Å². The molecular formula is C17H23N3O2. The molecule has 5 heteroatoms. The Kier molecular flexibility index (Phi) is 4.73. The average molecular weight is 301 g/mol. The normalized spacial score (nSPS) is 20.4. The van der Waals surface area contributed by atoms with Crippen molar-refractivity contribution < 1.29 is 9.59 Å². The van der Waals surface area contributed by atoms with Crippen LogP contribution in [-0.2, 0) is 9.59 Å². The molecular weight excluding hydrogens is 278 g/mol. The Morgan fingerprint density at radius 3 is 2.68 bits per heavy atom. The molecule has 2 aliphatic rings. The molecule has 2 aliphatic heterocycles. The maximum Gasteiger partial charge on any atom is 0.247 e. The number of likely N-dealkylation sites (tertiary alicyclic amines) is 1. The highest BCUT2D eigenvalue weighted by Crippen LogP contribution is 2.25. The number of hydrogen-bond donors (Lipinski definition) is 2. The zero-order valence-electron chi connectivity index (χ0n) is 12.8.